The number of carbonyl (C=O) groups excluding carboxylic acids is 2. The Balaban J connectivity index is 2.26. The second kappa shape index (κ2) is 7.09. The molecule has 0 aliphatic rings. The van der Waals surface area contributed by atoms with Gasteiger partial charge in [0.1, 0.15) is 11.4 Å². The highest BCUT2D eigenvalue weighted by Gasteiger charge is 2.33. The number of hydrazine groups is 1. The number of nitrogens with zero attached hydrogens (tertiary/aromatic N) is 1. The number of halogens is 3. The molecule has 1 aromatic heterocycles. The number of ketones is 1. The minimum atomic E-state index is -4.74. The lowest BCUT2D eigenvalue weighted by molar-refractivity contribution is -0.384. The number of nitro groups is 1. The number of nitrogens with one attached hydrogen (secondary N) is 3. The third-order valence-electron chi connectivity index (χ3n) is 3.85. The number of H-pyrrole nitrogens is 1. The molecule has 0 aliphatic heterocycles. The first kappa shape index (κ1) is 19.9. The average Bonchev–Trinajstić information content (AvgIpc) is 2.86. The first-order valence-electron chi connectivity index (χ1n) is 7.55. The van der Waals surface area contributed by atoms with E-state index in [9.17, 15) is 32.9 Å². The molecule has 0 atom stereocenters. The highest BCUT2D eigenvalue weighted by molar-refractivity contribution is 6.02. The number of aromatic amines is 1. The molecule has 11 heteroatoms. The standard InChI is InChI=1S/C16H15F3N4O4/c1-7-13(9(3)24)8(2)20-14(7)15(25)22-21-11-5-4-10(16(17,18)19)6-12(11)23(26)27/h4-6,20-21H,1-3H3,(H,22,25). The van der Waals surface area contributed by atoms with E-state index in [1.54, 1.807) is 13.8 Å². The summed E-state index contributed by atoms with van der Waals surface area (Å²) in [5.41, 5.74) is 3.32. The minimum absolute atomic E-state index is 0.0553. The summed E-state index contributed by atoms with van der Waals surface area (Å²) in [5, 5.41) is 11.0. The summed E-state index contributed by atoms with van der Waals surface area (Å²) in [6.07, 6.45) is -4.74. The lowest BCUT2D eigenvalue weighted by Crippen LogP contribution is -2.30. The second-order valence-corrected chi connectivity index (χ2v) is 5.75. The quantitative estimate of drug-likeness (QED) is 0.414. The molecule has 2 rings (SSSR count). The third-order valence-corrected chi connectivity index (χ3v) is 3.85. The van der Waals surface area contributed by atoms with Gasteiger partial charge in [0.15, 0.2) is 5.78 Å². The molecule has 3 N–H and O–H groups in total. The number of carbonyl (C=O) groups is 2. The molecular weight excluding hydrogens is 369 g/mol. The van der Waals surface area contributed by atoms with Crippen LogP contribution < -0.4 is 10.9 Å². The number of hydrogen-bond acceptors (Lipinski definition) is 5. The van der Waals surface area contributed by atoms with E-state index in [0.29, 0.717) is 29.0 Å². The normalized spacial score (nSPS) is 11.2. The zero-order valence-electron chi connectivity index (χ0n) is 14.4. The van der Waals surface area contributed by atoms with Crippen molar-refractivity contribution in [3.63, 3.8) is 0 Å². The number of rotatable bonds is 5. The SMILES string of the molecule is CC(=O)c1c(C)[nH]c(C(=O)NNc2ccc(C(F)(F)F)cc2[N+](=O)[O-])c1C. The van der Waals surface area contributed by atoms with Crippen LogP contribution in [0.25, 0.3) is 0 Å². The van der Waals surface area contributed by atoms with Gasteiger partial charge in [-0.1, -0.05) is 0 Å². The maximum absolute atomic E-state index is 12.7. The zero-order valence-corrected chi connectivity index (χ0v) is 14.4. The van der Waals surface area contributed by atoms with Crippen LogP contribution in [-0.4, -0.2) is 21.6 Å². The fraction of sp³-hybridized carbons (Fsp3) is 0.250. The molecule has 0 saturated carbocycles. The second-order valence-electron chi connectivity index (χ2n) is 5.75. The van der Waals surface area contributed by atoms with Gasteiger partial charge in [-0.25, -0.2) is 0 Å². The fourth-order valence-corrected chi connectivity index (χ4v) is 2.66. The number of nitro benzene ring substituents is 1. The van der Waals surface area contributed by atoms with Gasteiger partial charge >= 0.3 is 6.18 Å². The van der Waals surface area contributed by atoms with Gasteiger partial charge in [-0.2, -0.15) is 13.2 Å². The predicted octanol–water partition coefficient (Wildman–Crippen LogP) is 3.52. The number of aryl methyl sites for hydroxylation is 1. The molecule has 2 aromatic rings. The van der Waals surface area contributed by atoms with Gasteiger partial charge in [0.05, 0.1) is 10.5 Å². The number of aromatic nitrogens is 1. The highest BCUT2D eigenvalue weighted by atomic mass is 19.4. The summed E-state index contributed by atoms with van der Waals surface area (Å²) in [4.78, 5) is 36.6. The molecule has 0 bridgehead atoms. The van der Waals surface area contributed by atoms with E-state index in [-0.39, 0.29) is 17.2 Å². The van der Waals surface area contributed by atoms with Gasteiger partial charge in [0.2, 0.25) is 0 Å². The van der Waals surface area contributed by atoms with Crippen molar-refractivity contribution in [2.45, 2.75) is 26.9 Å². The van der Waals surface area contributed by atoms with Crippen molar-refractivity contribution in [1.82, 2.24) is 10.4 Å². The largest absolute Gasteiger partial charge is 0.416 e. The Morgan fingerprint density at radius 1 is 1.22 bits per heavy atom. The van der Waals surface area contributed by atoms with E-state index in [1.165, 1.54) is 6.92 Å². The molecule has 1 heterocycles. The Morgan fingerprint density at radius 3 is 2.33 bits per heavy atom. The predicted molar refractivity (Wildman–Crippen MR) is 89.5 cm³/mol. The van der Waals surface area contributed by atoms with E-state index >= 15 is 0 Å². The molecule has 27 heavy (non-hydrogen) atoms. The van der Waals surface area contributed by atoms with E-state index < -0.39 is 28.3 Å². The summed E-state index contributed by atoms with van der Waals surface area (Å²) in [5.74, 6) is -0.982. The molecule has 1 aromatic carbocycles. The third kappa shape index (κ3) is 4.07. The summed E-state index contributed by atoms with van der Waals surface area (Å²) in [6.45, 7) is 4.50. The summed E-state index contributed by atoms with van der Waals surface area (Å²) >= 11 is 0. The van der Waals surface area contributed by atoms with Crippen molar-refractivity contribution >= 4 is 23.1 Å². The van der Waals surface area contributed by atoms with Crippen LogP contribution in [0.3, 0.4) is 0 Å². The first-order valence-corrected chi connectivity index (χ1v) is 7.55. The Hall–Kier alpha value is -3.37. The number of Topliss-reactive ketones (excluding diaryl/α,β-unsaturated/α-hetero) is 1. The monoisotopic (exact) mass is 384 g/mol. The van der Waals surface area contributed by atoms with E-state index in [0.717, 1.165) is 6.07 Å². The van der Waals surface area contributed by atoms with E-state index in [1.807, 2.05) is 0 Å². The van der Waals surface area contributed by atoms with Crippen molar-refractivity contribution < 1.29 is 27.7 Å². The van der Waals surface area contributed by atoms with Crippen LogP contribution >= 0.6 is 0 Å². The Morgan fingerprint density at radius 2 is 1.85 bits per heavy atom. The molecule has 0 fully saturated rings. The van der Waals surface area contributed by atoms with Crippen LogP contribution in [0.4, 0.5) is 24.5 Å². The average molecular weight is 384 g/mol. The first-order chi connectivity index (χ1) is 12.4. The lowest BCUT2D eigenvalue weighted by atomic mass is 10.1. The van der Waals surface area contributed by atoms with Crippen molar-refractivity contribution in [3.8, 4) is 0 Å². The molecule has 144 valence electrons. The zero-order chi connectivity index (χ0) is 20.5. The lowest BCUT2D eigenvalue weighted by Gasteiger charge is -2.11. The molecule has 1 amide bonds. The smallest absolute Gasteiger partial charge is 0.354 e. The molecule has 0 radical (unpaired) electrons. The Labute approximate surface area is 150 Å². The fourth-order valence-electron chi connectivity index (χ4n) is 2.66. The summed E-state index contributed by atoms with van der Waals surface area (Å²) in [7, 11) is 0. The van der Waals surface area contributed by atoms with Gasteiger partial charge in [-0.3, -0.25) is 30.6 Å². The van der Waals surface area contributed by atoms with Crippen molar-refractivity contribution in [1.29, 1.82) is 0 Å². The van der Waals surface area contributed by atoms with Gasteiger partial charge in [-0.05, 0) is 38.5 Å². The van der Waals surface area contributed by atoms with Crippen LogP contribution in [0.1, 0.15) is 44.6 Å². The number of benzene rings is 1. The maximum atomic E-state index is 12.7. The van der Waals surface area contributed by atoms with Crippen LogP contribution in [-0.2, 0) is 6.18 Å². The van der Waals surface area contributed by atoms with Crippen LogP contribution in [0.2, 0.25) is 0 Å². The number of hydrogen-bond donors (Lipinski definition) is 3. The van der Waals surface area contributed by atoms with Gasteiger partial charge in [0, 0.05) is 17.3 Å². The molecule has 0 unspecified atom stereocenters. The minimum Gasteiger partial charge on any atom is -0.354 e. The van der Waals surface area contributed by atoms with Crippen LogP contribution in [0.15, 0.2) is 18.2 Å². The van der Waals surface area contributed by atoms with Crippen molar-refractivity contribution in [2.75, 3.05) is 5.43 Å². The van der Waals surface area contributed by atoms with Gasteiger partial charge < -0.3 is 4.98 Å². The molecule has 0 spiro atoms. The number of amides is 1. The topological polar surface area (TPSA) is 117 Å². The van der Waals surface area contributed by atoms with Crippen LogP contribution in [0, 0.1) is 24.0 Å². The Bertz CT molecular complexity index is 934. The summed E-state index contributed by atoms with van der Waals surface area (Å²) in [6, 6.07) is 1.86. The highest BCUT2D eigenvalue weighted by Crippen LogP contribution is 2.34. The molecule has 0 aliphatic carbocycles. The molecular formula is C16H15F3N4O4. The molecule has 8 nitrogen and oxygen atoms in total. The van der Waals surface area contributed by atoms with Gasteiger partial charge in [0.25, 0.3) is 11.6 Å². The number of alkyl halides is 3. The molecule has 0 saturated heterocycles. The van der Waals surface area contributed by atoms with Crippen molar-refractivity contribution in [2.24, 2.45) is 0 Å². The van der Waals surface area contributed by atoms with Gasteiger partial charge in [-0.15, -0.1) is 0 Å². The van der Waals surface area contributed by atoms with Crippen LogP contribution in [0.5, 0.6) is 0 Å². The van der Waals surface area contributed by atoms with E-state index in [4.69, 9.17) is 0 Å². The van der Waals surface area contributed by atoms with E-state index in [2.05, 4.69) is 15.8 Å². The Kier molecular flexibility index (Phi) is 5.24. The summed E-state index contributed by atoms with van der Waals surface area (Å²) < 4.78 is 38.1. The number of anilines is 1. The maximum Gasteiger partial charge on any atom is 0.416 e. The van der Waals surface area contributed by atoms with Crippen molar-refractivity contribution in [3.05, 3.63) is 56.4 Å².